The molecule has 2 N–H and O–H groups in total. The van der Waals surface area contributed by atoms with Crippen molar-refractivity contribution in [2.45, 2.75) is 71.1 Å². The molecule has 0 aromatic heterocycles. The quantitative estimate of drug-likeness (QED) is 0.824. The molecule has 5 atom stereocenters. The van der Waals surface area contributed by atoms with Gasteiger partial charge in [-0.2, -0.15) is 0 Å². The second-order valence-corrected chi connectivity index (χ2v) is 6.61. The molecule has 2 rings (SSSR count). The number of amides is 1. The van der Waals surface area contributed by atoms with Crippen LogP contribution in [0.1, 0.15) is 47.0 Å². The Hall–Kier alpha value is -0.610. The molecule has 1 amide bonds. The maximum Gasteiger partial charge on any atom is 0.239 e. The van der Waals surface area contributed by atoms with Crippen molar-refractivity contribution in [2.75, 3.05) is 13.1 Å². The highest BCUT2D eigenvalue weighted by Gasteiger charge is 2.37. The van der Waals surface area contributed by atoms with Crippen LogP contribution >= 0.6 is 0 Å². The van der Waals surface area contributed by atoms with E-state index in [1.54, 1.807) is 0 Å². The molecule has 0 radical (unpaired) electrons. The van der Waals surface area contributed by atoms with Gasteiger partial charge in [-0.25, -0.2) is 0 Å². The molecule has 0 aliphatic carbocycles. The number of hydrogen-bond donors (Lipinski definition) is 1. The fourth-order valence-corrected chi connectivity index (χ4v) is 3.67. The van der Waals surface area contributed by atoms with Gasteiger partial charge in [-0.3, -0.25) is 9.69 Å². The monoisotopic (exact) mass is 267 g/mol. The van der Waals surface area contributed by atoms with Crippen LogP contribution in [0.3, 0.4) is 0 Å². The van der Waals surface area contributed by atoms with Gasteiger partial charge < -0.3 is 10.6 Å². The van der Waals surface area contributed by atoms with Crippen LogP contribution in [0.25, 0.3) is 0 Å². The lowest BCUT2D eigenvalue weighted by molar-refractivity contribution is -0.139. The van der Waals surface area contributed by atoms with Crippen LogP contribution < -0.4 is 5.73 Å². The Balaban J connectivity index is 1.99. The standard InChI is InChI=1S/C15H29N3O/c1-10-7-8-17(9-14(10)16)15(19)13(4)18-11(2)5-6-12(18)3/h10-14H,5-9,16H2,1-4H3. The van der Waals surface area contributed by atoms with E-state index in [-0.39, 0.29) is 18.0 Å². The minimum absolute atomic E-state index is 0.00638. The van der Waals surface area contributed by atoms with Crippen molar-refractivity contribution in [3.8, 4) is 0 Å². The maximum atomic E-state index is 12.7. The van der Waals surface area contributed by atoms with Gasteiger partial charge in [0.15, 0.2) is 0 Å². The van der Waals surface area contributed by atoms with E-state index in [9.17, 15) is 4.79 Å². The summed E-state index contributed by atoms with van der Waals surface area (Å²) < 4.78 is 0. The maximum absolute atomic E-state index is 12.7. The Morgan fingerprint density at radius 3 is 2.26 bits per heavy atom. The number of carbonyl (C=O) groups is 1. The third-order valence-corrected chi connectivity index (χ3v) is 5.15. The molecule has 0 spiro atoms. The van der Waals surface area contributed by atoms with E-state index in [1.807, 2.05) is 4.90 Å². The lowest BCUT2D eigenvalue weighted by Crippen LogP contribution is -2.56. The first-order chi connectivity index (χ1) is 8.91. The summed E-state index contributed by atoms with van der Waals surface area (Å²) in [5.74, 6) is 0.798. The lowest BCUT2D eigenvalue weighted by Gasteiger charge is -2.39. The molecule has 19 heavy (non-hydrogen) atoms. The fraction of sp³-hybridized carbons (Fsp3) is 0.933. The van der Waals surface area contributed by atoms with Crippen molar-refractivity contribution in [1.29, 1.82) is 0 Å². The van der Waals surface area contributed by atoms with Gasteiger partial charge in [-0.1, -0.05) is 6.92 Å². The summed E-state index contributed by atoms with van der Waals surface area (Å²) in [5.41, 5.74) is 6.11. The van der Waals surface area contributed by atoms with Crippen LogP contribution in [-0.4, -0.2) is 53.0 Å². The van der Waals surface area contributed by atoms with Gasteiger partial charge in [0, 0.05) is 31.2 Å². The lowest BCUT2D eigenvalue weighted by atomic mass is 9.94. The van der Waals surface area contributed by atoms with Crippen molar-refractivity contribution in [3.05, 3.63) is 0 Å². The number of likely N-dealkylation sites (tertiary alicyclic amines) is 2. The Labute approximate surface area is 117 Å². The van der Waals surface area contributed by atoms with E-state index in [2.05, 4.69) is 32.6 Å². The number of hydrogen-bond acceptors (Lipinski definition) is 3. The Morgan fingerprint density at radius 2 is 1.74 bits per heavy atom. The van der Waals surface area contributed by atoms with E-state index < -0.39 is 0 Å². The average molecular weight is 267 g/mol. The molecule has 4 heteroatoms. The summed E-state index contributed by atoms with van der Waals surface area (Å²) in [6.45, 7) is 10.3. The van der Waals surface area contributed by atoms with E-state index >= 15 is 0 Å². The van der Waals surface area contributed by atoms with Gasteiger partial charge in [-0.15, -0.1) is 0 Å². The molecule has 0 aromatic carbocycles. The predicted molar refractivity (Wildman–Crippen MR) is 77.8 cm³/mol. The van der Waals surface area contributed by atoms with E-state index in [4.69, 9.17) is 5.73 Å². The SMILES string of the molecule is CC1CCN(C(=O)C(C)N2C(C)CCC2C)CC1N. The van der Waals surface area contributed by atoms with Crippen molar-refractivity contribution in [1.82, 2.24) is 9.80 Å². The van der Waals surface area contributed by atoms with Crippen LogP contribution in [-0.2, 0) is 4.79 Å². The Bertz CT molecular complexity index is 323. The molecule has 4 nitrogen and oxygen atoms in total. The Morgan fingerprint density at radius 1 is 1.16 bits per heavy atom. The zero-order valence-corrected chi connectivity index (χ0v) is 12.8. The molecule has 0 saturated carbocycles. The highest BCUT2D eigenvalue weighted by atomic mass is 16.2. The fourth-order valence-electron chi connectivity index (χ4n) is 3.67. The molecule has 110 valence electrons. The first kappa shape index (κ1) is 14.8. The summed E-state index contributed by atoms with van der Waals surface area (Å²) >= 11 is 0. The average Bonchev–Trinajstić information content (AvgIpc) is 2.71. The molecule has 0 bridgehead atoms. The highest BCUT2D eigenvalue weighted by Crippen LogP contribution is 2.27. The number of carbonyl (C=O) groups excluding carboxylic acids is 1. The molecule has 2 fully saturated rings. The van der Waals surface area contributed by atoms with Gasteiger partial charge in [0.2, 0.25) is 5.91 Å². The number of nitrogens with two attached hydrogens (primary N) is 1. The minimum Gasteiger partial charge on any atom is -0.340 e. The van der Waals surface area contributed by atoms with E-state index in [1.165, 1.54) is 12.8 Å². The van der Waals surface area contributed by atoms with Crippen molar-refractivity contribution in [2.24, 2.45) is 11.7 Å². The largest absolute Gasteiger partial charge is 0.340 e. The van der Waals surface area contributed by atoms with Crippen LogP contribution in [0, 0.1) is 5.92 Å². The van der Waals surface area contributed by atoms with Crippen LogP contribution in [0.4, 0.5) is 0 Å². The molecule has 2 aliphatic rings. The molecule has 2 saturated heterocycles. The second-order valence-electron chi connectivity index (χ2n) is 6.61. The van der Waals surface area contributed by atoms with Crippen LogP contribution in [0.5, 0.6) is 0 Å². The van der Waals surface area contributed by atoms with Gasteiger partial charge in [0.05, 0.1) is 6.04 Å². The molecule has 2 aliphatic heterocycles. The zero-order chi connectivity index (χ0) is 14.2. The smallest absolute Gasteiger partial charge is 0.239 e. The summed E-state index contributed by atoms with van der Waals surface area (Å²) in [5, 5.41) is 0. The molecular formula is C15H29N3O. The van der Waals surface area contributed by atoms with Crippen molar-refractivity contribution >= 4 is 5.91 Å². The van der Waals surface area contributed by atoms with Gasteiger partial charge in [0.1, 0.15) is 0 Å². The Kier molecular flexibility index (Phi) is 4.51. The van der Waals surface area contributed by atoms with Crippen LogP contribution in [0.15, 0.2) is 0 Å². The summed E-state index contributed by atoms with van der Waals surface area (Å²) in [7, 11) is 0. The number of nitrogens with zero attached hydrogens (tertiary/aromatic N) is 2. The predicted octanol–water partition coefficient (Wildman–Crippen LogP) is 1.44. The molecular weight excluding hydrogens is 238 g/mol. The van der Waals surface area contributed by atoms with Gasteiger partial charge in [-0.05, 0) is 46.0 Å². The normalized spacial score (nSPS) is 38.5. The zero-order valence-electron chi connectivity index (χ0n) is 12.8. The summed E-state index contributed by atoms with van der Waals surface area (Å²) in [4.78, 5) is 17.0. The second kappa shape index (κ2) is 5.80. The van der Waals surface area contributed by atoms with Gasteiger partial charge in [0.25, 0.3) is 0 Å². The first-order valence-corrected chi connectivity index (χ1v) is 7.73. The summed E-state index contributed by atoms with van der Waals surface area (Å²) in [6.07, 6.45) is 3.44. The third-order valence-electron chi connectivity index (χ3n) is 5.15. The highest BCUT2D eigenvalue weighted by molar-refractivity contribution is 5.81. The third kappa shape index (κ3) is 2.95. The van der Waals surface area contributed by atoms with E-state index in [0.29, 0.717) is 18.0 Å². The van der Waals surface area contributed by atoms with E-state index in [0.717, 1.165) is 19.5 Å². The van der Waals surface area contributed by atoms with Crippen molar-refractivity contribution in [3.63, 3.8) is 0 Å². The first-order valence-electron chi connectivity index (χ1n) is 7.73. The van der Waals surface area contributed by atoms with Crippen molar-refractivity contribution < 1.29 is 4.79 Å². The minimum atomic E-state index is -0.00638. The molecule has 2 heterocycles. The van der Waals surface area contributed by atoms with Crippen LogP contribution in [0.2, 0.25) is 0 Å². The molecule has 0 aromatic rings. The number of rotatable bonds is 2. The number of piperidine rings is 1. The van der Waals surface area contributed by atoms with Gasteiger partial charge >= 0.3 is 0 Å². The summed E-state index contributed by atoms with van der Waals surface area (Å²) in [6, 6.07) is 1.17. The molecule has 5 unspecified atom stereocenters. The topological polar surface area (TPSA) is 49.6 Å².